The van der Waals surface area contributed by atoms with Crippen LogP contribution in [0, 0.1) is 5.82 Å². The molecular weight excluding hydrogens is 528 g/mol. The van der Waals surface area contributed by atoms with E-state index in [9.17, 15) is 35.6 Å². The third kappa shape index (κ3) is 7.35. The lowest BCUT2D eigenvalue weighted by Gasteiger charge is -2.28. The van der Waals surface area contributed by atoms with E-state index in [0.29, 0.717) is 19.5 Å². The Kier molecular flexibility index (Phi) is 8.52. The number of carbonyl (C=O) groups excluding carboxylic acids is 2. The molecule has 2 amide bonds. The summed E-state index contributed by atoms with van der Waals surface area (Å²) in [6.07, 6.45) is -3.31. The van der Waals surface area contributed by atoms with Gasteiger partial charge in [-0.3, -0.25) is 14.6 Å². The number of anilines is 1. The van der Waals surface area contributed by atoms with Crippen LogP contribution in [0.25, 0.3) is 0 Å². The second kappa shape index (κ2) is 11.3. The van der Waals surface area contributed by atoms with Gasteiger partial charge in [0.15, 0.2) is 0 Å². The van der Waals surface area contributed by atoms with Crippen LogP contribution in [0.15, 0.2) is 77.8 Å². The van der Waals surface area contributed by atoms with E-state index < -0.39 is 50.3 Å². The lowest BCUT2D eigenvalue weighted by molar-refractivity contribution is -0.180. The summed E-state index contributed by atoms with van der Waals surface area (Å²) in [5, 5.41) is 5.11. The molecule has 38 heavy (non-hydrogen) atoms. The van der Waals surface area contributed by atoms with Gasteiger partial charge < -0.3 is 10.6 Å². The maximum atomic E-state index is 13.2. The Balaban J connectivity index is 1.77. The lowest BCUT2D eigenvalue weighted by Crippen LogP contribution is -2.54. The molecule has 3 N–H and O–H groups in total. The molecular formula is C25H24F4N4O4S. The summed E-state index contributed by atoms with van der Waals surface area (Å²) in [5.41, 5.74) is -1.97. The smallest absolute Gasteiger partial charge is 0.340 e. The highest BCUT2D eigenvalue weighted by Crippen LogP contribution is 2.31. The van der Waals surface area contributed by atoms with E-state index in [4.69, 9.17) is 0 Å². The van der Waals surface area contributed by atoms with Crippen molar-refractivity contribution in [1.29, 1.82) is 0 Å². The molecule has 3 rings (SSSR count). The van der Waals surface area contributed by atoms with Gasteiger partial charge in [-0.05, 0) is 74.5 Å². The molecule has 13 heteroatoms. The summed E-state index contributed by atoms with van der Waals surface area (Å²) in [7, 11) is -4.53. The van der Waals surface area contributed by atoms with Crippen molar-refractivity contribution in [3.63, 3.8) is 0 Å². The number of carbonyl (C=O) groups is 2. The first-order valence-electron chi connectivity index (χ1n) is 11.2. The van der Waals surface area contributed by atoms with Gasteiger partial charge in [0.2, 0.25) is 15.9 Å². The second-order valence-corrected chi connectivity index (χ2v) is 10.5. The largest absolute Gasteiger partial charge is 0.407 e. The first kappa shape index (κ1) is 28.7. The Hall–Kier alpha value is -3.84. The normalized spacial score (nSPS) is 13.0. The molecule has 202 valence electrons. The number of pyridine rings is 1. The zero-order valence-electron chi connectivity index (χ0n) is 20.2. The molecule has 0 radical (unpaired) electrons. The number of rotatable bonds is 9. The molecule has 0 spiro atoms. The van der Waals surface area contributed by atoms with Gasteiger partial charge in [0, 0.05) is 29.6 Å². The van der Waals surface area contributed by atoms with Crippen LogP contribution in [-0.2, 0) is 21.2 Å². The number of nitrogens with zero attached hydrogens (tertiary/aromatic N) is 1. The summed E-state index contributed by atoms with van der Waals surface area (Å²) < 4.78 is 79.0. The van der Waals surface area contributed by atoms with Gasteiger partial charge in [-0.15, -0.1) is 0 Å². The average Bonchev–Trinajstić information content (AvgIpc) is 2.83. The molecule has 1 heterocycles. The van der Waals surface area contributed by atoms with Crippen molar-refractivity contribution in [2.45, 2.75) is 42.9 Å². The van der Waals surface area contributed by atoms with E-state index in [1.165, 1.54) is 30.5 Å². The second-order valence-electron chi connectivity index (χ2n) is 8.80. The Bertz CT molecular complexity index is 1380. The summed E-state index contributed by atoms with van der Waals surface area (Å²) >= 11 is 0. The topological polar surface area (TPSA) is 117 Å². The third-order valence-electron chi connectivity index (χ3n) is 5.40. The molecule has 3 aromatic rings. The Morgan fingerprint density at radius 1 is 0.947 bits per heavy atom. The Morgan fingerprint density at radius 2 is 1.58 bits per heavy atom. The Morgan fingerprint density at radius 3 is 2.13 bits per heavy atom. The molecule has 8 nitrogen and oxygen atoms in total. The van der Waals surface area contributed by atoms with E-state index in [0.717, 1.165) is 24.3 Å². The molecule has 0 aliphatic rings. The number of aromatic nitrogens is 1. The highest BCUT2D eigenvalue weighted by atomic mass is 32.2. The molecule has 0 aliphatic carbocycles. The van der Waals surface area contributed by atoms with Gasteiger partial charge in [-0.25, -0.2) is 12.8 Å². The number of benzene rings is 2. The number of nitrogens with one attached hydrogen (secondary N) is 3. The average molecular weight is 553 g/mol. The van der Waals surface area contributed by atoms with Crippen molar-refractivity contribution in [3.05, 3.63) is 90.0 Å². The maximum absolute atomic E-state index is 13.2. The van der Waals surface area contributed by atoms with Crippen LogP contribution >= 0.6 is 0 Å². The first-order valence-corrected chi connectivity index (χ1v) is 12.6. The van der Waals surface area contributed by atoms with E-state index in [-0.39, 0.29) is 17.7 Å². The highest BCUT2D eigenvalue weighted by molar-refractivity contribution is 7.89. The van der Waals surface area contributed by atoms with Crippen molar-refractivity contribution < 1.29 is 35.6 Å². The van der Waals surface area contributed by atoms with Crippen LogP contribution in [0.5, 0.6) is 0 Å². The SMILES string of the molecule is CC(C)(NS(=O)(=O)c1ccc(NC(=O)[C@H](Cc2ccccn2)NC(=O)c2ccc(F)cc2)cc1)C(F)(F)F. The van der Waals surface area contributed by atoms with Gasteiger partial charge in [-0.2, -0.15) is 17.9 Å². The zero-order valence-corrected chi connectivity index (χ0v) is 21.0. The van der Waals surface area contributed by atoms with E-state index in [2.05, 4.69) is 15.6 Å². The highest BCUT2D eigenvalue weighted by Gasteiger charge is 2.49. The van der Waals surface area contributed by atoms with Gasteiger partial charge >= 0.3 is 6.18 Å². The van der Waals surface area contributed by atoms with Crippen molar-refractivity contribution in [2.24, 2.45) is 0 Å². The van der Waals surface area contributed by atoms with E-state index >= 15 is 0 Å². The fourth-order valence-corrected chi connectivity index (χ4v) is 4.58. The van der Waals surface area contributed by atoms with E-state index in [1.807, 2.05) is 0 Å². The van der Waals surface area contributed by atoms with Crippen molar-refractivity contribution in [2.75, 3.05) is 5.32 Å². The summed E-state index contributed by atoms with van der Waals surface area (Å²) in [6.45, 7) is 1.39. The van der Waals surface area contributed by atoms with Crippen LogP contribution in [0.4, 0.5) is 23.2 Å². The van der Waals surface area contributed by atoms with Crippen molar-refractivity contribution >= 4 is 27.5 Å². The minimum Gasteiger partial charge on any atom is -0.340 e. The first-order chi connectivity index (χ1) is 17.7. The molecule has 0 fully saturated rings. The fraction of sp³-hybridized carbons (Fsp3) is 0.240. The van der Waals surface area contributed by atoms with Gasteiger partial charge in [0.25, 0.3) is 5.91 Å². The quantitative estimate of drug-likeness (QED) is 0.349. The van der Waals surface area contributed by atoms with Gasteiger partial charge in [0.05, 0.1) is 4.90 Å². The summed E-state index contributed by atoms with van der Waals surface area (Å²) in [4.78, 5) is 29.4. The number of hydrogen-bond acceptors (Lipinski definition) is 5. The minimum absolute atomic E-state index is 0.00250. The van der Waals surface area contributed by atoms with Crippen molar-refractivity contribution in [1.82, 2.24) is 15.0 Å². The molecule has 0 saturated heterocycles. The molecule has 0 unspecified atom stereocenters. The minimum atomic E-state index is -4.82. The zero-order chi connectivity index (χ0) is 28.1. The number of hydrogen-bond donors (Lipinski definition) is 3. The number of alkyl halides is 3. The van der Waals surface area contributed by atoms with Gasteiger partial charge in [0.1, 0.15) is 17.4 Å². The standard InChI is InChI=1S/C25H24F4N4O4S/c1-24(2,25(27,28)29)33-38(36,37)20-12-10-18(11-13-20)31-23(35)21(15-19-5-3-4-14-30-19)32-22(34)16-6-8-17(26)9-7-16/h3-14,21,33H,15H2,1-2H3,(H,31,35)(H,32,34)/t21-/m0/s1. The van der Waals surface area contributed by atoms with E-state index in [1.54, 1.807) is 22.9 Å². The molecule has 0 saturated carbocycles. The number of sulfonamides is 1. The third-order valence-corrected chi connectivity index (χ3v) is 7.07. The van der Waals surface area contributed by atoms with Gasteiger partial charge in [-0.1, -0.05) is 6.07 Å². The van der Waals surface area contributed by atoms with Crippen molar-refractivity contribution in [3.8, 4) is 0 Å². The predicted octanol–water partition coefficient (Wildman–Crippen LogP) is 3.82. The molecule has 0 aliphatic heterocycles. The maximum Gasteiger partial charge on any atom is 0.407 e. The van der Waals surface area contributed by atoms with Crippen LogP contribution < -0.4 is 15.4 Å². The summed E-state index contributed by atoms with van der Waals surface area (Å²) in [5.74, 6) is -1.84. The molecule has 1 aromatic heterocycles. The van der Waals surface area contributed by atoms with Crippen LogP contribution in [0.2, 0.25) is 0 Å². The fourth-order valence-electron chi connectivity index (χ4n) is 3.18. The molecule has 2 aromatic carbocycles. The molecule has 0 bridgehead atoms. The predicted molar refractivity (Wildman–Crippen MR) is 131 cm³/mol. The molecule has 1 atom stereocenters. The number of amides is 2. The van der Waals surface area contributed by atoms with Crippen LogP contribution in [0.1, 0.15) is 29.9 Å². The van der Waals surface area contributed by atoms with Crippen LogP contribution in [0.3, 0.4) is 0 Å². The lowest BCUT2D eigenvalue weighted by atomic mass is 10.1. The monoisotopic (exact) mass is 552 g/mol. The summed E-state index contributed by atoms with van der Waals surface area (Å²) in [6, 6.07) is 13.1. The Labute approximate surface area is 216 Å². The van der Waals surface area contributed by atoms with Crippen LogP contribution in [-0.4, -0.2) is 43.0 Å². The number of halogens is 4.